The van der Waals surface area contributed by atoms with Crippen molar-refractivity contribution in [3.05, 3.63) is 76.1 Å². The highest BCUT2D eigenvalue weighted by Crippen LogP contribution is 2.39. The van der Waals surface area contributed by atoms with E-state index in [0.717, 1.165) is 17.6 Å². The second-order valence-corrected chi connectivity index (χ2v) is 9.42. The van der Waals surface area contributed by atoms with E-state index in [-0.39, 0.29) is 11.5 Å². The normalized spacial score (nSPS) is 17.7. The summed E-state index contributed by atoms with van der Waals surface area (Å²) >= 11 is 6.21. The maximum Gasteiger partial charge on any atom is 0.335 e. The van der Waals surface area contributed by atoms with E-state index in [9.17, 15) is 19.2 Å². The van der Waals surface area contributed by atoms with Crippen LogP contribution in [0, 0.1) is 5.92 Å². The minimum atomic E-state index is -1.14. The Balaban J connectivity index is 1.61. The van der Waals surface area contributed by atoms with Crippen LogP contribution in [0.5, 0.6) is 0 Å². The number of hydrogen-bond donors (Lipinski definition) is 3. The van der Waals surface area contributed by atoms with Crippen molar-refractivity contribution in [2.75, 3.05) is 5.32 Å². The zero-order valence-corrected chi connectivity index (χ0v) is 19.6. The predicted octanol–water partition coefficient (Wildman–Crippen LogP) is 5.46. The average molecular weight is 486 g/mol. The molecule has 1 heterocycles. The Bertz CT molecular complexity index is 1170. The third kappa shape index (κ3) is 5.47. The molecule has 1 amide bonds. The summed E-state index contributed by atoms with van der Waals surface area (Å²) in [6, 6.07) is 9.40. The SMILES string of the molecule is CC(F)C1=C(c2ccc(C(CC3CC3)C(=O)Nc3ccc(C(=O)O)cc3)[n+](O)c2)C=C(Cl)CC1. The van der Waals surface area contributed by atoms with Crippen LogP contribution in [-0.2, 0) is 4.79 Å². The van der Waals surface area contributed by atoms with E-state index in [1.54, 1.807) is 18.2 Å². The van der Waals surface area contributed by atoms with E-state index in [1.807, 2.05) is 0 Å². The van der Waals surface area contributed by atoms with Gasteiger partial charge in [-0.2, -0.15) is 0 Å². The number of benzene rings is 1. The fourth-order valence-electron chi connectivity index (χ4n) is 4.30. The van der Waals surface area contributed by atoms with Crippen LogP contribution in [0.1, 0.15) is 66.6 Å². The van der Waals surface area contributed by atoms with Crippen LogP contribution < -0.4 is 10.0 Å². The van der Waals surface area contributed by atoms with Crippen LogP contribution in [0.15, 0.2) is 59.3 Å². The minimum absolute atomic E-state index is 0.129. The predicted molar refractivity (Wildman–Crippen MR) is 127 cm³/mol. The van der Waals surface area contributed by atoms with Gasteiger partial charge in [0.1, 0.15) is 12.1 Å². The minimum Gasteiger partial charge on any atom is -0.478 e. The molecule has 8 heteroatoms. The Kier molecular flexibility index (Phi) is 7.03. The average Bonchev–Trinajstić information content (AvgIpc) is 3.62. The van der Waals surface area contributed by atoms with E-state index in [0.29, 0.717) is 58.3 Å². The zero-order chi connectivity index (χ0) is 24.4. The van der Waals surface area contributed by atoms with Gasteiger partial charge in [0.2, 0.25) is 17.8 Å². The first-order chi connectivity index (χ1) is 16.2. The highest BCUT2D eigenvalue weighted by atomic mass is 35.5. The third-order valence-electron chi connectivity index (χ3n) is 6.37. The van der Waals surface area contributed by atoms with Crippen LogP contribution >= 0.6 is 11.6 Å². The Morgan fingerprint density at radius 1 is 1.18 bits per heavy atom. The van der Waals surface area contributed by atoms with Gasteiger partial charge in [-0.15, -0.1) is 0 Å². The lowest BCUT2D eigenvalue weighted by molar-refractivity contribution is -0.910. The van der Waals surface area contributed by atoms with Gasteiger partial charge in [-0.25, -0.2) is 9.18 Å². The number of carboxylic acid groups (broad SMARTS) is 1. The van der Waals surface area contributed by atoms with Gasteiger partial charge in [0.25, 0.3) is 0 Å². The summed E-state index contributed by atoms with van der Waals surface area (Å²) in [6.07, 6.45) is 5.85. The van der Waals surface area contributed by atoms with Gasteiger partial charge < -0.3 is 10.4 Å². The number of halogens is 2. The summed E-state index contributed by atoms with van der Waals surface area (Å²) in [5.74, 6) is -1.53. The molecule has 34 heavy (non-hydrogen) atoms. The van der Waals surface area contributed by atoms with Crippen LogP contribution in [-0.4, -0.2) is 28.4 Å². The monoisotopic (exact) mass is 485 g/mol. The second-order valence-electron chi connectivity index (χ2n) is 8.94. The van der Waals surface area contributed by atoms with Gasteiger partial charge in [-0.05, 0) is 79.7 Å². The van der Waals surface area contributed by atoms with Gasteiger partial charge in [-0.3, -0.25) is 10.0 Å². The molecule has 3 N–H and O–H groups in total. The van der Waals surface area contributed by atoms with Crippen molar-refractivity contribution in [3.8, 4) is 0 Å². The molecule has 0 saturated heterocycles. The second kappa shape index (κ2) is 9.97. The number of rotatable bonds is 8. The first-order valence-electron chi connectivity index (χ1n) is 11.4. The van der Waals surface area contributed by atoms with Gasteiger partial charge in [0.05, 0.1) is 11.1 Å². The van der Waals surface area contributed by atoms with E-state index in [2.05, 4.69) is 5.32 Å². The molecule has 0 spiro atoms. The lowest BCUT2D eigenvalue weighted by atomic mass is 9.89. The van der Waals surface area contributed by atoms with Crippen LogP contribution in [0.4, 0.5) is 10.1 Å². The zero-order valence-electron chi connectivity index (χ0n) is 18.8. The van der Waals surface area contributed by atoms with Crippen molar-refractivity contribution >= 4 is 34.7 Å². The standard InChI is InChI=1S/C26H26ClFN2O4/c1-15(28)21-10-7-19(27)13-22(21)18-6-11-24(30(34)14-18)23(12-16-2-3-16)25(31)29-20-8-4-17(5-9-20)26(32)33/h4-6,8-9,11,13-16,23H,2-3,7,10,12H2,1H3,(H2-,29,31,32,33,34)/p+1. The molecule has 2 aliphatic rings. The summed E-state index contributed by atoms with van der Waals surface area (Å²) in [4.78, 5) is 24.2. The molecule has 1 aromatic carbocycles. The van der Waals surface area contributed by atoms with Crippen LogP contribution in [0.2, 0.25) is 0 Å². The van der Waals surface area contributed by atoms with Crippen molar-refractivity contribution in [1.82, 2.24) is 0 Å². The molecule has 178 valence electrons. The number of pyridine rings is 1. The van der Waals surface area contributed by atoms with E-state index >= 15 is 0 Å². The lowest BCUT2D eigenvalue weighted by Gasteiger charge is -2.19. The van der Waals surface area contributed by atoms with Gasteiger partial charge in [-0.1, -0.05) is 24.4 Å². The molecule has 2 unspecified atom stereocenters. The number of alkyl halides is 1. The summed E-state index contributed by atoms with van der Waals surface area (Å²) in [6.45, 7) is 1.49. The molecule has 1 fully saturated rings. The fourth-order valence-corrected chi connectivity index (χ4v) is 4.51. The number of carboxylic acids is 1. The maximum absolute atomic E-state index is 14.2. The molecule has 0 aliphatic heterocycles. The summed E-state index contributed by atoms with van der Waals surface area (Å²) in [7, 11) is 0. The van der Waals surface area contributed by atoms with Crippen LogP contribution in [0.25, 0.3) is 5.57 Å². The number of aromatic nitrogens is 1. The number of hydrogen-bond acceptors (Lipinski definition) is 3. The van der Waals surface area contributed by atoms with Crippen molar-refractivity contribution in [2.45, 2.75) is 51.1 Å². The third-order valence-corrected chi connectivity index (χ3v) is 6.67. The number of amides is 1. The lowest BCUT2D eigenvalue weighted by Crippen LogP contribution is -2.40. The molecule has 1 saturated carbocycles. The maximum atomic E-state index is 14.2. The molecule has 2 aliphatic carbocycles. The Labute approximate surface area is 202 Å². The number of allylic oxidation sites excluding steroid dienone is 4. The molecule has 0 bridgehead atoms. The van der Waals surface area contributed by atoms with E-state index in [1.165, 1.54) is 37.4 Å². The Morgan fingerprint density at radius 3 is 2.47 bits per heavy atom. The molecule has 1 aromatic heterocycles. The Morgan fingerprint density at radius 2 is 1.88 bits per heavy atom. The van der Waals surface area contributed by atoms with Crippen molar-refractivity contribution in [1.29, 1.82) is 0 Å². The van der Waals surface area contributed by atoms with Crippen molar-refractivity contribution < 1.29 is 29.0 Å². The number of anilines is 1. The summed E-state index contributed by atoms with van der Waals surface area (Å²) < 4.78 is 15.1. The van der Waals surface area contributed by atoms with Crippen LogP contribution in [0.3, 0.4) is 0 Å². The number of nitrogens with one attached hydrogen (secondary N) is 1. The van der Waals surface area contributed by atoms with Crippen molar-refractivity contribution in [3.63, 3.8) is 0 Å². The van der Waals surface area contributed by atoms with Gasteiger partial charge in [0.15, 0.2) is 0 Å². The smallest absolute Gasteiger partial charge is 0.335 e. The van der Waals surface area contributed by atoms with Crippen molar-refractivity contribution in [2.24, 2.45) is 5.92 Å². The molecule has 2 atom stereocenters. The molecule has 4 rings (SSSR count). The summed E-state index contributed by atoms with van der Waals surface area (Å²) in [5, 5.41) is 23.3. The quantitative estimate of drug-likeness (QED) is 0.342. The Hall–Kier alpha value is -3.19. The molecule has 2 aromatic rings. The number of aromatic carboxylic acids is 1. The molecule has 0 radical (unpaired) electrons. The molecule has 6 nitrogen and oxygen atoms in total. The highest BCUT2D eigenvalue weighted by Gasteiger charge is 2.36. The molecular formula is C26H27ClFN2O4+. The largest absolute Gasteiger partial charge is 0.478 e. The van der Waals surface area contributed by atoms with E-state index < -0.39 is 18.1 Å². The van der Waals surface area contributed by atoms with Gasteiger partial charge >= 0.3 is 5.97 Å². The number of carbonyl (C=O) groups excluding carboxylic acids is 1. The number of carbonyl (C=O) groups is 2. The fraction of sp³-hybridized carbons (Fsp3) is 0.346. The van der Waals surface area contributed by atoms with Gasteiger partial charge in [0, 0.05) is 21.5 Å². The highest BCUT2D eigenvalue weighted by molar-refractivity contribution is 6.30. The molecular weight excluding hydrogens is 459 g/mol. The number of nitrogens with zero attached hydrogens (tertiary/aromatic N) is 1. The first kappa shape index (κ1) is 24.0. The van der Waals surface area contributed by atoms with E-state index in [4.69, 9.17) is 16.7 Å². The topological polar surface area (TPSA) is 90.5 Å². The summed E-state index contributed by atoms with van der Waals surface area (Å²) in [5.41, 5.74) is 2.95. The first-order valence-corrected chi connectivity index (χ1v) is 11.7.